The van der Waals surface area contributed by atoms with Crippen molar-refractivity contribution in [2.45, 2.75) is 26.7 Å². The van der Waals surface area contributed by atoms with Crippen molar-refractivity contribution < 1.29 is 4.79 Å². The van der Waals surface area contributed by atoms with E-state index in [-0.39, 0.29) is 5.91 Å². The van der Waals surface area contributed by atoms with Gasteiger partial charge in [0, 0.05) is 6.54 Å². The lowest BCUT2D eigenvalue weighted by molar-refractivity contribution is -0.125. The van der Waals surface area contributed by atoms with Gasteiger partial charge in [0.2, 0.25) is 5.91 Å². The maximum absolute atomic E-state index is 12.4. The van der Waals surface area contributed by atoms with Crippen LogP contribution in [0.15, 0.2) is 12.1 Å². The standard InChI is InChI=1S/C14H18Cl2N2O/c1-9-4-5-10(15)12(11(9)16)18-13(19)14(2)6-3-7-17-8-14/h4-5,17H,3,6-8H2,1-2H3,(H,18,19). The van der Waals surface area contributed by atoms with Crippen LogP contribution >= 0.6 is 23.2 Å². The summed E-state index contributed by atoms with van der Waals surface area (Å²) in [5, 5.41) is 7.12. The zero-order valence-electron chi connectivity index (χ0n) is 11.1. The Hall–Kier alpha value is -0.770. The lowest BCUT2D eigenvalue weighted by atomic mass is 9.82. The van der Waals surface area contributed by atoms with Crippen molar-refractivity contribution in [3.05, 3.63) is 27.7 Å². The molecule has 3 nitrogen and oxygen atoms in total. The Morgan fingerprint density at radius 2 is 2.16 bits per heavy atom. The highest BCUT2D eigenvalue weighted by molar-refractivity contribution is 6.40. The third-order valence-electron chi connectivity index (χ3n) is 3.67. The van der Waals surface area contributed by atoms with Crippen LogP contribution in [0, 0.1) is 12.3 Å². The van der Waals surface area contributed by atoms with Crippen LogP contribution in [0.25, 0.3) is 0 Å². The third-order valence-corrected chi connectivity index (χ3v) is 4.47. The minimum Gasteiger partial charge on any atom is -0.323 e. The van der Waals surface area contributed by atoms with E-state index >= 15 is 0 Å². The van der Waals surface area contributed by atoms with Gasteiger partial charge in [-0.1, -0.05) is 29.3 Å². The fourth-order valence-electron chi connectivity index (χ4n) is 2.29. The average molecular weight is 301 g/mol. The van der Waals surface area contributed by atoms with Crippen LogP contribution in [-0.4, -0.2) is 19.0 Å². The van der Waals surface area contributed by atoms with Crippen LogP contribution in [0.2, 0.25) is 10.0 Å². The van der Waals surface area contributed by atoms with Crippen LogP contribution in [0.4, 0.5) is 5.69 Å². The fourth-order valence-corrected chi connectivity index (χ4v) is 2.75. The van der Waals surface area contributed by atoms with E-state index in [0.29, 0.717) is 22.3 Å². The number of carbonyl (C=O) groups excluding carboxylic acids is 1. The molecule has 1 aliphatic rings. The molecule has 104 valence electrons. The van der Waals surface area contributed by atoms with Gasteiger partial charge in [-0.05, 0) is 44.9 Å². The van der Waals surface area contributed by atoms with Gasteiger partial charge in [-0.15, -0.1) is 0 Å². The minimum atomic E-state index is -0.408. The number of amides is 1. The topological polar surface area (TPSA) is 41.1 Å². The monoisotopic (exact) mass is 300 g/mol. The molecule has 1 aliphatic heterocycles. The lowest BCUT2D eigenvalue weighted by Crippen LogP contribution is -2.46. The van der Waals surface area contributed by atoms with E-state index in [2.05, 4.69) is 10.6 Å². The molecule has 19 heavy (non-hydrogen) atoms. The molecule has 1 unspecified atom stereocenters. The Bertz CT molecular complexity index is 496. The Morgan fingerprint density at radius 3 is 2.79 bits per heavy atom. The number of piperidine rings is 1. The second-order valence-corrected chi connectivity index (χ2v) is 6.13. The van der Waals surface area contributed by atoms with Crippen LogP contribution in [0.3, 0.4) is 0 Å². The Balaban J connectivity index is 2.21. The molecule has 0 spiro atoms. The number of aryl methyl sites for hydroxylation is 1. The summed E-state index contributed by atoms with van der Waals surface area (Å²) in [4.78, 5) is 12.4. The van der Waals surface area contributed by atoms with Crippen LogP contribution in [0.1, 0.15) is 25.3 Å². The normalized spacial score (nSPS) is 23.2. The van der Waals surface area contributed by atoms with Gasteiger partial charge >= 0.3 is 0 Å². The van der Waals surface area contributed by atoms with Crippen molar-refractivity contribution in [2.75, 3.05) is 18.4 Å². The van der Waals surface area contributed by atoms with Gasteiger partial charge < -0.3 is 10.6 Å². The second-order valence-electron chi connectivity index (χ2n) is 5.35. The van der Waals surface area contributed by atoms with Gasteiger partial charge in [0.1, 0.15) is 0 Å². The van der Waals surface area contributed by atoms with Crippen molar-refractivity contribution in [3.8, 4) is 0 Å². The highest BCUT2D eigenvalue weighted by Crippen LogP contribution is 2.35. The number of benzene rings is 1. The molecule has 1 heterocycles. The summed E-state index contributed by atoms with van der Waals surface area (Å²) in [5.74, 6) is -0.0332. The Labute approximate surface area is 123 Å². The predicted molar refractivity (Wildman–Crippen MR) is 80.0 cm³/mol. The van der Waals surface area contributed by atoms with E-state index in [1.54, 1.807) is 6.07 Å². The van der Waals surface area contributed by atoms with Gasteiger partial charge in [-0.25, -0.2) is 0 Å². The van der Waals surface area contributed by atoms with Gasteiger partial charge in [0.15, 0.2) is 0 Å². The molecule has 1 amide bonds. The van der Waals surface area contributed by atoms with E-state index in [4.69, 9.17) is 23.2 Å². The van der Waals surface area contributed by atoms with Crippen molar-refractivity contribution >= 4 is 34.8 Å². The number of halogens is 2. The maximum Gasteiger partial charge on any atom is 0.231 e. The SMILES string of the molecule is Cc1ccc(Cl)c(NC(=O)C2(C)CCCNC2)c1Cl. The molecule has 1 aromatic carbocycles. The summed E-state index contributed by atoms with van der Waals surface area (Å²) in [6.45, 7) is 5.50. The lowest BCUT2D eigenvalue weighted by Gasteiger charge is -2.32. The summed E-state index contributed by atoms with van der Waals surface area (Å²) in [6.07, 6.45) is 1.87. The van der Waals surface area contributed by atoms with Crippen LogP contribution < -0.4 is 10.6 Å². The fraction of sp³-hybridized carbons (Fsp3) is 0.500. The van der Waals surface area contributed by atoms with Crippen molar-refractivity contribution in [1.29, 1.82) is 0 Å². The van der Waals surface area contributed by atoms with Gasteiger partial charge in [0.25, 0.3) is 0 Å². The van der Waals surface area contributed by atoms with E-state index < -0.39 is 5.41 Å². The highest BCUT2D eigenvalue weighted by Gasteiger charge is 2.35. The van der Waals surface area contributed by atoms with E-state index in [9.17, 15) is 4.79 Å². The number of carbonyl (C=O) groups is 1. The van der Waals surface area contributed by atoms with Crippen molar-refractivity contribution in [3.63, 3.8) is 0 Å². The summed E-state index contributed by atoms with van der Waals surface area (Å²) in [6, 6.07) is 3.59. The minimum absolute atomic E-state index is 0.0332. The Morgan fingerprint density at radius 1 is 1.42 bits per heavy atom. The van der Waals surface area contributed by atoms with Crippen molar-refractivity contribution in [2.24, 2.45) is 5.41 Å². The molecule has 0 bridgehead atoms. The average Bonchev–Trinajstić information content (AvgIpc) is 2.40. The van der Waals surface area contributed by atoms with Gasteiger partial charge in [-0.3, -0.25) is 4.79 Å². The zero-order valence-corrected chi connectivity index (χ0v) is 12.7. The third kappa shape index (κ3) is 3.04. The summed E-state index contributed by atoms with van der Waals surface area (Å²) >= 11 is 12.3. The first kappa shape index (κ1) is 14.6. The molecule has 2 rings (SSSR count). The van der Waals surface area contributed by atoms with Gasteiger partial charge in [0.05, 0.1) is 21.1 Å². The number of nitrogens with one attached hydrogen (secondary N) is 2. The number of hydrogen-bond donors (Lipinski definition) is 2. The smallest absolute Gasteiger partial charge is 0.231 e. The maximum atomic E-state index is 12.4. The molecule has 0 aromatic heterocycles. The first-order valence-corrected chi connectivity index (χ1v) is 7.16. The summed E-state index contributed by atoms with van der Waals surface area (Å²) in [7, 11) is 0. The van der Waals surface area contributed by atoms with E-state index in [1.165, 1.54) is 0 Å². The number of anilines is 1. The molecular weight excluding hydrogens is 283 g/mol. The molecule has 0 radical (unpaired) electrons. The quantitative estimate of drug-likeness (QED) is 0.876. The molecule has 1 fully saturated rings. The van der Waals surface area contributed by atoms with E-state index in [0.717, 1.165) is 24.9 Å². The van der Waals surface area contributed by atoms with Crippen LogP contribution in [-0.2, 0) is 4.79 Å². The second kappa shape index (κ2) is 5.70. The van der Waals surface area contributed by atoms with E-state index in [1.807, 2.05) is 19.9 Å². The molecule has 0 aliphatic carbocycles. The summed E-state index contributed by atoms with van der Waals surface area (Å²) < 4.78 is 0. The first-order chi connectivity index (χ1) is 8.94. The molecule has 2 N–H and O–H groups in total. The molecule has 1 saturated heterocycles. The zero-order chi connectivity index (χ0) is 14.0. The molecule has 5 heteroatoms. The van der Waals surface area contributed by atoms with Gasteiger partial charge in [-0.2, -0.15) is 0 Å². The number of hydrogen-bond acceptors (Lipinski definition) is 2. The summed E-state index contributed by atoms with van der Waals surface area (Å²) in [5.41, 5.74) is 1.00. The molecule has 1 atom stereocenters. The predicted octanol–water partition coefficient (Wildman–Crippen LogP) is 3.63. The number of rotatable bonds is 2. The highest BCUT2D eigenvalue weighted by atomic mass is 35.5. The molecule has 1 aromatic rings. The first-order valence-electron chi connectivity index (χ1n) is 6.41. The van der Waals surface area contributed by atoms with Crippen LogP contribution in [0.5, 0.6) is 0 Å². The van der Waals surface area contributed by atoms with Crippen molar-refractivity contribution in [1.82, 2.24) is 5.32 Å². The molecular formula is C14H18Cl2N2O. The Kier molecular flexibility index (Phi) is 4.39. The molecule has 0 saturated carbocycles. The largest absolute Gasteiger partial charge is 0.323 e.